The zero-order valence-corrected chi connectivity index (χ0v) is 20.0. The van der Waals surface area contributed by atoms with E-state index in [0.29, 0.717) is 35.7 Å². The molecule has 2 fully saturated rings. The molecule has 0 aromatic carbocycles. The van der Waals surface area contributed by atoms with Crippen LogP contribution < -0.4 is 10.2 Å². The number of rotatable bonds is 7. The van der Waals surface area contributed by atoms with Crippen LogP contribution in [-0.4, -0.2) is 47.3 Å². The van der Waals surface area contributed by atoms with Crippen molar-refractivity contribution in [3.63, 3.8) is 0 Å². The fraction of sp³-hybridized carbons (Fsp3) is 0.400. The summed E-state index contributed by atoms with van der Waals surface area (Å²) in [6.07, 6.45) is 11.1. The smallest absolute Gasteiger partial charge is 0.233 e. The molecule has 10 heteroatoms. The molecule has 2 aliphatic carbocycles. The van der Waals surface area contributed by atoms with Crippen LogP contribution in [-0.2, 0) is 11.3 Å². The normalized spacial score (nSPS) is 19.1. The lowest BCUT2D eigenvalue weighted by molar-refractivity contribution is -0.117. The summed E-state index contributed by atoms with van der Waals surface area (Å²) in [7, 11) is 1.95. The Morgan fingerprint density at radius 3 is 2.80 bits per heavy atom. The number of amides is 1. The highest BCUT2D eigenvalue weighted by molar-refractivity contribution is 5.94. The lowest BCUT2D eigenvalue weighted by atomic mass is 10.2. The molecular formula is C25H27N9O. The monoisotopic (exact) mass is 469 g/mol. The number of hydrogen-bond acceptors (Lipinski definition) is 8. The Labute approximate surface area is 202 Å². The van der Waals surface area contributed by atoms with E-state index in [0.717, 1.165) is 23.6 Å². The minimum absolute atomic E-state index is 0.0593. The van der Waals surface area contributed by atoms with Crippen LogP contribution in [0.25, 0.3) is 5.78 Å². The fourth-order valence-corrected chi connectivity index (χ4v) is 4.43. The second-order valence-electron chi connectivity index (χ2n) is 9.61. The average Bonchev–Trinajstić information content (AvgIpc) is 3.74. The minimum Gasteiger partial charge on any atom is -0.354 e. The largest absolute Gasteiger partial charge is 0.354 e. The van der Waals surface area contributed by atoms with Gasteiger partial charge in [-0.25, -0.2) is 29.9 Å². The van der Waals surface area contributed by atoms with Crippen molar-refractivity contribution in [2.45, 2.75) is 51.5 Å². The molecule has 4 aromatic rings. The molecule has 4 heterocycles. The molecule has 0 aliphatic heterocycles. The Balaban J connectivity index is 1.14. The van der Waals surface area contributed by atoms with E-state index in [1.807, 2.05) is 48.7 Å². The van der Waals surface area contributed by atoms with Gasteiger partial charge >= 0.3 is 0 Å². The van der Waals surface area contributed by atoms with Crippen LogP contribution in [0.3, 0.4) is 0 Å². The van der Waals surface area contributed by atoms with Crippen LogP contribution in [0.15, 0.2) is 36.9 Å². The van der Waals surface area contributed by atoms with Gasteiger partial charge in [-0.2, -0.15) is 0 Å². The van der Waals surface area contributed by atoms with Crippen molar-refractivity contribution in [1.82, 2.24) is 34.3 Å². The van der Waals surface area contributed by atoms with Crippen LogP contribution in [0.5, 0.6) is 0 Å². The number of imidazole rings is 1. The van der Waals surface area contributed by atoms with E-state index in [1.165, 1.54) is 18.4 Å². The summed E-state index contributed by atoms with van der Waals surface area (Å²) in [6.45, 7) is 4.31. The number of anilines is 2. The number of carbonyl (C=O) groups excluding carboxylic acids is 1. The van der Waals surface area contributed by atoms with Crippen molar-refractivity contribution in [3.8, 4) is 0 Å². The quantitative estimate of drug-likeness (QED) is 0.439. The zero-order valence-electron chi connectivity index (χ0n) is 20.0. The average molecular weight is 470 g/mol. The molecular weight excluding hydrogens is 442 g/mol. The van der Waals surface area contributed by atoms with Gasteiger partial charge in [0.25, 0.3) is 0 Å². The summed E-state index contributed by atoms with van der Waals surface area (Å²) in [4.78, 5) is 41.8. The lowest BCUT2D eigenvalue weighted by Gasteiger charge is -2.18. The highest BCUT2D eigenvalue weighted by Gasteiger charge is 2.46. The van der Waals surface area contributed by atoms with Gasteiger partial charge < -0.3 is 10.2 Å². The topological polar surface area (TPSA) is 114 Å². The van der Waals surface area contributed by atoms with E-state index in [-0.39, 0.29) is 17.7 Å². The van der Waals surface area contributed by atoms with Gasteiger partial charge in [0.05, 0.1) is 12.2 Å². The molecule has 178 valence electrons. The van der Waals surface area contributed by atoms with Crippen LogP contribution in [0.4, 0.5) is 11.6 Å². The SMILES string of the molecule is Cc1ccnc(C2CC2C(=O)Nc2cc(N(C)Cc3cn4cc(C5CC5)cnc4n3)nc(C)n2)n1. The first kappa shape index (κ1) is 21.6. The van der Waals surface area contributed by atoms with Gasteiger partial charge in [0.2, 0.25) is 11.7 Å². The highest BCUT2D eigenvalue weighted by Crippen LogP contribution is 2.46. The Kier molecular flexibility index (Phi) is 5.16. The van der Waals surface area contributed by atoms with E-state index < -0.39 is 0 Å². The maximum Gasteiger partial charge on any atom is 0.233 e. The number of aryl methyl sites for hydroxylation is 2. The molecule has 0 spiro atoms. The summed E-state index contributed by atoms with van der Waals surface area (Å²) in [5.41, 5.74) is 3.08. The minimum atomic E-state index is -0.140. The number of hydrogen-bond donors (Lipinski definition) is 1. The summed E-state index contributed by atoms with van der Waals surface area (Å²) in [6, 6.07) is 3.65. The standard InChI is InChI=1S/C25H27N9O/c1-14-6-7-26-23(28-14)19-8-20(19)24(35)32-21-9-22(30-15(2)29-21)33(3)12-18-13-34-11-17(16-4-5-16)10-27-25(34)31-18/h6-7,9-11,13,16,19-20H,4-5,8,12H2,1-3H3,(H,29,30,32,35). The number of aromatic nitrogens is 7. The Morgan fingerprint density at radius 1 is 1.14 bits per heavy atom. The molecule has 0 bridgehead atoms. The van der Waals surface area contributed by atoms with Crippen molar-refractivity contribution >= 4 is 23.3 Å². The van der Waals surface area contributed by atoms with Crippen LogP contribution in [0.1, 0.15) is 59.7 Å². The van der Waals surface area contributed by atoms with E-state index >= 15 is 0 Å². The van der Waals surface area contributed by atoms with E-state index in [4.69, 9.17) is 0 Å². The molecule has 6 rings (SSSR count). The summed E-state index contributed by atoms with van der Waals surface area (Å²) in [5, 5.41) is 2.96. The maximum atomic E-state index is 12.8. The van der Waals surface area contributed by atoms with Crippen molar-refractivity contribution in [1.29, 1.82) is 0 Å². The number of nitrogens with one attached hydrogen (secondary N) is 1. The van der Waals surface area contributed by atoms with E-state index in [2.05, 4.69) is 41.4 Å². The third-order valence-corrected chi connectivity index (χ3v) is 6.57. The molecule has 2 aliphatic rings. The molecule has 2 saturated carbocycles. The number of nitrogens with zero attached hydrogens (tertiary/aromatic N) is 8. The third kappa shape index (κ3) is 4.55. The molecule has 1 N–H and O–H groups in total. The lowest BCUT2D eigenvalue weighted by Crippen LogP contribution is -2.21. The number of carbonyl (C=O) groups is 1. The summed E-state index contributed by atoms with van der Waals surface area (Å²) in [5.74, 6) is 3.72. The Morgan fingerprint density at radius 2 is 2.00 bits per heavy atom. The molecule has 0 saturated heterocycles. The third-order valence-electron chi connectivity index (χ3n) is 6.57. The molecule has 1 amide bonds. The van der Waals surface area contributed by atoms with Crippen molar-refractivity contribution < 1.29 is 4.79 Å². The highest BCUT2D eigenvalue weighted by atomic mass is 16.2. The van der Waals surface area contributed by atoms with Gasteiger partial charge in [-0.3, -0.25) is 9.20 Å². The molecule has 35 heavy (non-hydrogen) atoms. The molecule has 0 radical (unpaired) electrons. The van der Waals surface area contributed by atoms with Gasteiger partial charge in [0.1, 0.15) is 23.3 Å². The predicted octanol–water partition coefficient (Wildman–Crippen LogP) is 3.18. The first-order valence-electron chi connectivity index (χ1n) is 11.9. The summed E-state index contributed by atoms with van der Waals surface area (Å²) >= 11 is 0. The van der Waals surface area contributed by atoms with Crippen molar-refractivity contribution in [2.24, 2.45) is 5.92 Å². The van der Waals surface area contributed by atoms with Gasteiger partial charge in [-0.05, 0) is 50.7 Å². The van der Waals surface area contributed by atoms with Gasteiger partial charge in [0, 0.05) is 55.4 Å². The first-order valence-corrected chi connectivity index (χ1v) is 11.9. The second kappa shape index (κ2) is 8.37. The maximum absolute atomic E-state index is 12.8. The fourth-order valence-electron chi connectivity index (χ4n) is 4.43. The van der Waals surface area contributed by atoms with Gasteiger partial charge in [-0.1, -0.05) is 0 Å². The van der Waals surface area contributed by atoms with Crippen molar-refractivity contribution in [2.75, 3.05) is 17.3 Å². The van der Waals surface area contributed by atoms with Crippen LogP contribution >= 0.6 is 0 Å². The molecule has 10 nitrogen and oxygen atoms in total. The van der Waals surface area contributed by atoms with Crippen molar-refractivity contribution in [3.05, 3.63) is 65.5 Å². The van der Waals surface area contributed by atoms with Gasteiger partial charge in [-0.15, -0.1) is 0 Å². The van der Waals surface area contributed by atoms with E-state index in [1.54, 1.807) is 12.3 Å². The molecule has 2 atom stereocenters. The molecule has 2 unspecified atom stereocenters. The molecule has 4 aromatic heterocycles. The number of fused-ring (bicyclic) bond motifs is 1. The Hall–Kier alpha value is -3.95. The first-order chi connectivity index (χ1) is 16.9. The second-order valence-corrected chi connectivity index (χ2v) is 9.61. The van der Waals surface area contributed by atoms with Crippen LogP contribution in [0.2, 0.25) is 0 Å². The van der Waals surface area contributed by atoms with Crippen LogP contribution in [0, 0.1) is 19.8 Å². The predicted molar refractivity (Wildman–Crippen MR) is 130 cm³/mol. The summed E-state index contributed by atoms with van der Waals surface area (Å²) < 4.78 is 2.00. The zero-order chi connectivity index (χ0) is 24.1. The van der Waals surface area contributed by atoms with E-state index in [9.17, 15) is 4.79 Å². The van der Waals surface area contributed by atoms with Gasteiger partial charge in [0.15, 0.2) is 0 Å². The Bertz CT molecular complexity index is 1430.